The van der Waals surface area contributed by atoms with Gasteiger partial charge >= 0.3 is 0 Å². The minimum atomic E-state index is -0.261. The highest BCUT2D eigenvalue weighted by molar-refractivity contribution is 6.30. The molecule has 0 atom stereocenters. The zero-order chi connectivity index (χ0) is 12.1. The lowest BCUT2D eigenvalue weighted by atomic mass is 10.2. The topological polar surface area (TPSA) is 24.1 Å². The minimum Gasteiger partial charge on any atom is -0.321 e. The van der Waals surface area contributed by atoms with Crippen molar-refractivity contribution in [3.05, 3.63) is 64.9 Å². The van der Waals surface area contributed by atoms with E-state index >= 15 is 0 Å². The second-order valence-electron chi connectivity index (χ2n) is 3.62. The number of benzene rings is 2. The van der Waals surface area contributed by atoms with Crippen molar-refractivity contribution >= 4 is 17.3 Å². The van der Waals surface area contributed by atoms with Gasteiger partial charge < -0.3 is 5.43 Å². The summed E-state index contributed by atoms with van der Waals surface area (Å²) in [4.78, 5) is 0. The van der Waals surface area contributed by atoms with Crippen LogP contribution in [0, 0.1) is 5.82 Å². The van der Waals surface area contributed by atoms with Gasteiger partial charge in [0.1, 0.15) is 5.82 Å². The highest BCUT2D eigenvalue weighted by Crippen LogP contribution is 2.10. The zero-order valence-electron chi connectivity index (χ0n) is 9.08. The molecular weight excluding hydrogens is 239 g/mol. The Kier molecular flexibility index (Phi) is 3.96. The molecular formula is C13H12ClFN2. The zero-order valence-corrected chi connectivity index (χ0v) is 9.84. The van der Waals surface area contributed by atoms with Crippen LogP contribution in [-0.2, 0) is 6.54 Å². The first-order valence-corrected chi connectivity index (χ1v) is 5.61. The van der Waals surface area contributed by atoms with Gasteiger partial charge in [-0.1, -0.05) is 29.8 Å². The van der Waals surface area contributed by atoms with Gasteiger partial charge in [0.15, 0.2) is 0 Å². The van der Waals surface area contributed by atoms with Gasteiger partial charge in [0.05, 0.1) is 5.69 Å². The highest BCUT2D eigenvalue weighted by Gasteiger charge is 1.95. The van der Waals surface area contributed by atoms with Crippen molar-refractivity contribution in [1.82, 2.24) is 5.43 Å². The molecule has 0 fully saturated rings. The molecule has 0 aliphatic heterocycles. The summed E-state index contributed by atoms with van der Waals surface area (Å²) in [6.07, 6.45) is 0. The normalized spacial score (nSPS) is 10.2. The molecule has 2 rings (SSSR count). The van der Waals surface area contributed by atoms with Gasteiger partial charge in [-0.25, -0.2) is 9.82 Å². The largest absolute Gasteiger partial charge is 0.321 e. The fourth-order valence-electron chi connectivity index (χ4n) is 1.42. The van der Waals surface area contributed by atoms with Crippen molar-refractivity contribution in [1.29, 1.82) is 0 Å². The van der Waals surface area contributed by atoms with Gasteiger partial charge in [-0.15, -0.1) is 0 Å². The summed E-state index contributed by atoms with van der Waals surface area (Å²) >= 11 is 5.78. The van der Waals surface area contributed by atoms with E-state index in [1.807, 2.05) is 24.3 Å². The molecule has 2 N–H and O–H groups in total. The number of hydrazine groups is 1. The maximum absolute atomic E-state index is 12.9. The van der Waals surface area contributed by atoms with Crippen LogP contribution in [0.3, 0.4) is 0 Å². The van der Waals surface area contributed by atoms with Crippen LogP contribution in [0.5, 0.6) is 0 Å². The van der Waals surface area contributed by atoms with Crippen LogP contribution in [0.4, 0.5) is 10.1 Å². The molecule has 0 saturated heterocycles. The number of hydrogen-bond acceptors (Lipinski definition) is 2. The van der Waals surface area contributed by atoms with Crippen molar-refractivity contribution < 1.29 is 4.39 Å². The average molecular weight is 251 g/mol. The second kappa shape index (κ2) is 5.66. The fraction of sp³-hybridized carbons (Fsp3) is 0.0769. The van der Waals surface area contributed by atoms with E-state index in [0.29, 0.717) is 17.3 Å². The summed E-state index contributed by atoms with van der Waals surface area (Å²) in [5.74, 6) is -0.261. The lowest BCUT2D eigenvalue weighted by Crippen LogP contribution is -2.20. The fourth-order valence-corrected chi connectivity index (χ4v) is 1.54. The first kappa shape index (κ1) is 11.9. The molecule has 0 heterocycles. The Morgan fingerprint density at radius 2 is 1.82 bits per heavy atom. The molecule has 2 nitrogen and oxygen atoms in total. The van der Waals surface area contributed by atoms with Crippen LogP contribution in [-0.4, -0.2) is 0 Å². The van der Waals surface area contributed by atoms with E-state index < -0.39 is 0 Å². The molecule has 88 valence electrons. The monoisotopic (exact) mass is 250 g/mol. The van der Waals surface area contributed by atoms with Crippen molar-refractivity contribution in [3.63, 3.8) is 0 Å². The van der Waals surface area contributed by atoms with Gasteiger partial charge in [-0.05, 0) is 35.9 Å². The Morgan fingerprint density at radius 1 is 1.06 bits per heavy atom. The molecule has 0 aliphatic carbocycles. The predicted molar refractivity (Wildman–Crippen MR) is 68.3 cm³/mol. The van der Waals surface area contributed by atoms with Crippen LogP contribution in [0.15, 0.2) is 48.5 Å². The number of anilines is 1. The van der Waals surface area contributed by atoms with E-state index in [4.69, 9.17) is 11.6 Å². The number of hydrogen-bond donors (Lipinski definition) is 2. The van der Waals surface area contributed by atoms with Crippen LogP contribution in [0.1, 0.15) is 5.56 Å². The summed E-state index contributed by atoms with van der Waals surface area (Å²) < 4.78 is 12.9. The Hall–Kier alpha value is -1.58. The first-order valence-electron chi connectivity index (χ1n) is 5.23. The Morgan fingerprint density at radius 3 is 2.53 bits per heavy atom. The van der Waals surface area contributed by atoms with Crippen molar-refractivity contribution in [2.75, 3.05) is 5.43 Å². The third-order valence-corrected chi connectivity index (χ3v) is 2.52. The van der Waals surface area contributed by atoms with Crippen molar-refractivity contribution in [2.45, 2.75) is 6.54 Å². The molecule has 0 spiro atoms. The molecule has 0 aliphatic rings. The smallest absolute Gasteiger partial charge is 0.125 e. The Balaban J connectivity index is 1.85. The molecule has 0 radical (unpaired) electrons. The highest BCUT2D eigenvalue weighted by atomic mass is 35.5. The van der Waals surface area contributed by atoms with Gasteiger partial charge in [0.2, 0.25) is 0 Å². The lowest BCUT2D eigenvalue weighted by molar-refractivity contribution is 0.627. The van der Waals surface area contributed by atoms with Gasteiger partial charge in [-0.2, -0.15) is 0 Å². The second-order valence-corrected chi connectivity index (χ2v) is 4.05. The Bertz CT molecular complexity index is 485. The van der Waals surface area contributed by atoms with Crippen LogP contribution in [0.2, 0.25) is 5.02 Å². The number of rotatable bonds is 4. The van der Waals surface area contributed by atoms with E-state index in [2.05, 4.69) is 10.9 Å². The summed E-state index contributed by atoms with van der Waals surface area (Å²) in [5, 5.41) is 0.715. The summed E-state index contributed by atoms with van der Waals surface area (Å²) in [7, 11) is 0. The van der Waals surface area contributed by atoms with Crippen LogP contribution < -0.4 is 10.9 Å². The SMILES string of the molecule is Fc1cccc(NNCc2ccc(Cl)cc2)c1. The van der Waals surface area contributed by atoms with Gasteiger partial charge in [0.25, 0.3) is 0 Å². The summed E-state index contributed by atoms with van der Waals surface area (Å²) in [6, 6.07) is 13.8. The van der Waals surface area contributed by atoms with Crippen LogP contribution in [0.25, 0.3) is 0 Å². The van der Waals surface area contributed by atoms with E-state index in [0.717, 1.165) is 5.56 Å². The maximum atomic E-state index is 12.9. The molecule has 0 bridgehead atoms. The minimum absolute atomic E-state index is 0.261. The van der Waals surface area contributed by atoms with E-state index in [-0.39, 0.29) is 5.82 Å². The lowest BCUT2D eigenvalue weighted by Gasteiger charge is -2.08. The third kappa shape index (κ3) is 3.73. The van der Waals surface area contributed by atoms with Gasteiger partial charge in [-0.3, -0.25) is 0 Å². The maximum Gasteiger partial charge on any atom is 0.125 e. The number of halogens is 2. The average Bonchev–Trinajstić information content (AvgIpc) is 2.32. The summed E-state index contributed by atoms with van der Waals surface area (Å²) in [5.41, 5.74) is 7.72. The molecule has 0 amide bonds. The quantitative estimate of drug-likeness (QED) is 0.811. The first-order chi connectivity index (χ1) is 8.24. The predicted octanol–water partition coefficient (Wildman–Crippen LogP) is 3.60. The summed E-state index contributed by atoms with van der Waals surface area (Å²) in [6.45, 7) is 0.633. The van der Waals surface area contributed by atoms with Crippen molar-refractivity contribution in [3.8, 4) is 0 Å². The standard InChI is InChI=1S/C13H12ClFN2/c14-11-6-4-10(5-7-11)9-16-17-13-3-1-2-12(15)8-13/h1-8,16-17H,9H2. The molecule has 0 saturated carbocycles. The molecule has 4 heteroatoms. The molecule has 0 unspecified atom stereocenters. The van der Waals surface area contributed by atoms with Crippen molar-refractivity contribution in [2.24, 2.45) is 0 Å². The van der Waals surface area contributed by atoms with Gasteiger partial charge in [0, 0.05) is 11.6 Å². The van der Waals surface area contributed by atoms with Crippen LogP contribution >= 0.6 is 11.6 Å². The van der Waals surface area contributed by atoms with E-state index in [1.165, 1.54) is 12.1 Å². The number of nitrogens with one attached hydrogen (secondary N) is 2. The molecule has 17 heavy (non-hydrogen) atoms. The molecule has 2 aromatic rings. The molecule has 0 aromatic heterocycles. The third-order valence-electron chi connectivity index (χ3n) is 2.26. The van der Waals surface area contributed by atoms with E-state index in [1.54, 1.807) is 12.1 Å². The van der Waals surface area contributed by atoms with E-state index in [9.17, 15) is 4.39 Å². The Labute approximate surface area is 104 Å². The molecule has 2 aromatic carbocycles.